The topological polar surface area (TPSA) is 78.4 Å². The SMILES string of the molecule is C=C1C([N+](=O)[O-])=[N+]([O-])OC12C=CC=CC=C2. The minimum absolute atomic E-state index is 0.0173. The highest BCUT2D eigenvalue weighted by Crippen LogP contribution is 2.32. The van der Waals surface area contributed by atoms with E-state index in [0.717, 1.165) is 0 Å². The molecule has 0 unspecified atom stereocenters. The van der Waals surface area contributed by atoms with Gasteiger partial charge in [0, 0.05) is 0 Å². The molecule has 1 spiro atoms. The van der Waals surface area contributed by atoms with Crippen molar-refractivity contribution >= 4 is 5.84 Å². The van der Waals surface area contributed by atoms with Crippen LogP contribution in [0.5, 0.6) is 0 Å². The number of nitro groups is 1. The highest BCUT2D eigenvalue weighted by Gasteiger charge is 2.50. The number of hydrogen-bond donors (Lipinski definition) is 0. The molecule has 0 atom stereocenters. The van der Waals surface area contributed by atoms with E-state index in [4.69, 9.17) is 4.84 Å². The lowest BCUT2D eigenvalue weighted by atomic mass is 9.94. The maximum absolute atomic E-state index is 11.3. The Morgan fingerprint density at radius 1 is 1.31 bits per heavy atom. The number of allylic oxidation sites excluding steroid dienone is 4. The zero-order valence-electron chi connectivity index (χ0n) is 8.20. The summed E-state index contributed by atoms with van der Waals surface area (Å²) in [6.07, 6.45) is 9.81. The summed E-state index contributed by atoms with van der Waals surface area (Å²) in [5.74, 6) is -0.670. The quantitative estimate of drug-likeness (QED) is 0.348. The summed E-state index contributed by atoms with van der Waals surface area (Å²) in [4.78, 5) is 14.7. The van der Waals surface area contributed by atoms with E-state index in [-0.39, 0.29) is 10.5 Å². The average Bonchev–Trinajstić information content (AvgIpc) is 2.40. The van der Waals surface area contributed by atoms with Gasteiger partial charge in [-0.1, -0.05) is 43.0 Å². The van der Waals surface area contributed by atoms with Crippen molar-refractivity contribution in [3.05, 3.63) is 63.9 Å². The molecule has 0 fully saturated rings. The summed E-state index contributed by atoms with van der Waals surface area (Å²) in [6, 6.07) is 0. The van der Waals surface area contributed by atoms with Gasteiger partial charge in [0.25, 0.3) is 0 Å². The molecule has 0 saturated heterocycles. The molecule has 0 aromatic carbocycles. The van der Waals surface area contributed by atoms with Gasteiger partial charge >= 0.3 is 5.84 Å². The molecule has 1 aliphatic heterocycles. The molecule has 0 amide bonds. The second-order valence-electron chi connectivity index (χ2n) is 3.30. The van der Waals surface area contributed by atoms with Gasteiger partial charge < -0.3 is 4.84 Å². The van der Waals surface area contributed by atoms with Crippen molar-refractivity contribution in [1.29, 1.82) is 0 Å². The molecule has 0 saturated carbocycles. The van der Waals surface area contributed by atoms with Crippen LogP contribution in [-0.4, -0.2) is 21.3 Å². The Hall–Kier alpha value is -2.37. The van der Waals surface area contributed by atoms with Crippen LogP contribution in [0.25, 0.3) is 0 Å². The largest absolute Gasteiger partial charge is 0.562 e. The minimum Gasteiger partial charge on any atom is -0.378 e. The lowest BCUT2D eigenvalue weighted by Gasteiger charge is -2.20. The molecule has 2 rings (SSSR count). The Morgan fingerprint density at radius 3 is 2.31 bits per heavy atom. The number of hydrogen-bond acceptors (Lipinski definition) is 4. The van der Waals surface area contributed by atoms with Gasteiger partial charge in [0.15, 0.2) is 5.60 Å². The molecular formula is C10H8N2O4. The Labute approximate surface area is 90.8 Å². The summed E-state index contributed by atoms with van der Waals surface area (Å²) in [5.41, 5.74) is -1.23. The van der Waals surface area contributed by atoms with Crippen LogP contribution in [0.2, 0.25) is 0 Å². The zero-order chi connectivity index (χ0) is 11.8. The van der Waals surface area contributed by atoms with Gasteiger partial charge in [0.1, 0.15) is 15.4 Å². The maximum Gasteiger partial charge on any atom is 0.562 e. The smallest absolute Gasteiger partial charge is 0.378 e. The fraction of sp³-hybridized carbons (Fsp3) is 0.100. The van der Waals surface area contributed by atoms with Crippen molar-refractivity contribution in [2.45, 2.75) is 5.60 Å². The maximum atomic E-state index is 11.3. The molecule has 6 nitrogen and oxygen atoms in total. The van der Waals surface area contributed by atoms with Gasteiger partial charge in [0.05, 0.1) is 0 Å². The first-order valence-electron chi connectivity index (χ1n) is 4.48. The molecule has 2 aliphatic rings. The lowest BCUT2D eigenvalue weighted by molar-refractivity contribution is -0.760. The summed E-state index contributed by atoms with van der Waals surface area (Å²) in [5, 5.41) is 21.9. The van der Waals surface area contributed by atoms with Crippen molar-refractivity contribution in [2.24, 2.45) is 0 Å². The van der Waals surface area contributed by atoms with Crippen LogP contribution in [-0.2, 0) is 4.84 Å². The van der Waals surface area contributed by atoms with Crippen molar-refractivity contribution in [3.63, 3.8) is 0 Å². The number of rotatable bonds is 0. The molecule has 1 heterocycles. The van der Waals surface area contributed by atoms with E-state index >= 15 is 0 Å². The molecule has 6 heteroatoms. The van der Waals surface area contributed by atoms with E-state index in [9.17, 15) is 15.3 Å². The van der Waals surface area contributed by atoms with E-state index in [1.165, 1.54) is 12.2 Å². The first-order chi connectivity index (χ1) is 7.57. The van der Waals surface area contributed by atoms with E-state index in [1.807, 2.05) is 0 Å². The standard InChI is InChI=1S/C10H8N2O4/c1-8-9(11(13)14)12(15)16-10(8)6-4-2-3-5-7-10/h2-7H,1H2. The Balaban J connectivity index is 2.45. The van der Waals surface area contributed by atoms with E-state index in [0.29, 0.717) is 0 Å². The van der Waals surface area contributed by atoms with Crippen molar-refractivity contribution in [2.75, 3.05) is 0 Å². The van der Waals surface area contributed by atoms with Crippen LogP contribution in [0.1, 0.15) is 0 Å². The third-order valence-corrected chi connectivity index (χ3v) is 2.34. The second-order valence-corrected chi connectivity index (χ2v) is 3.30. The third-order valence-electron chi connectivity index (χ3n) is 2.34. The molecule has 16 heavy (non-hydrogen) atoms. The minimum atomic E-state index is -1.24. The summed E-state index contributed by atoms with van der Waals surface area (Å²) in [6.45, 7) is 3.55. The van der Waals surface area contributed by atoms with Gasteiger partial charge in [-0.15, -0.1) is 0 Å². The molecule has 0 aromatic heterocycles. The molecular weight excluding hydrogens is 212 g/mol. The molecule has 0 aromatic rings. The van der Waals surface area contributed by atoms with Crippen molar-refractivity contribution < 1.29 is 14.7 Å². The molecule has 1 aliphatic carbocycles. The van der Waals surface area contributed by atoms with Gasteiger partial charge in [0.2, 0.25) is 0 Å². The van der Waals surface area contributed by atoms with Crippen LogP contribution in [0, 0.1) is 15.3 Å². The fourth-order valence-corrected chi connectivity index (χ4v) is 1.54. The predicted octanol–water partition coefficient (Wildman–Crippen LogP) is 1.09. The molecule has 0 radical (unpaired) electrons. The second kappa shape index (κ2) is 3.34. The highest BCUT2D eigenvalue weighted by atomic mass is 16.9. The van der Waals surface area contributed by atoms with E-state index in [1.54, 1.807) is 24.3 Å². The van der Waals surface area contributed by atoms with Crippen LogP contribution < -0.4 is 0 Å². The normalized spacial score (nSPS) is 21.4. The summed E-state index contributed by atoms with van der Waals surface area (Å²) in [7, 11) is 0. The third kappa shape index (κ3) is 1.31. The van der Waals surface area contributed by atoms with E-state index in [2.05, 4.69) is 6.58 Å². The van der Waals surface area contributed by atoms with Gasteiger partial charge in [-0.25, -0.2) is 0 Å². The summed E-state index contributed by atoms with van der Waals surface area (Å²) < 4.78 is 0. The molecule has 82 valence electrons. The van der Waals surface area contributed by atoms with Crippen LogP contribution >= 0.6 is 0 Å². The predicted molar refractivity (Wildman–Crippen MR) is 56.0 cm³/mol. The first-order valence-corrected chi connectivity index (χ1v) is 4.48. The van der Waals surface area contributed by atoms with Crippen LogP contribution in [0.15, 0.2) is 48.6 Å². The Morgan fingerprint density at radius 2 is 1.88 bits per heavy atom. The van der Waals surface area contributed by atoms with Gasteiger partial charge in [-0.05, 0) is 0 Å². The monoisotopic (exact) mass is 220 g/mol. The number of amidine groups is 1. The Bertz CT molecular complexity index is 469. The average molecular weight is 220 g/mol. The van der Waals surface area contributed by atoms with Crippen LogP contribution in [0.4, 0.5) is 0 Å². The fourth-order valence-electron chi connectivity index (χ4n) is 1.54. The van der Waals surface area contributed by atoms with Crippen LogP contribution in [0.3, 0.4) is 0 Å². The number of nitrogens with zero attached hydrogens (tertiary/aromatic N) is 2. The van der Waals surface area contributed by atoms with Crippen molar-refractivity contribution in [3.8, 4) is 0 Å². The summed E-state index contributed by atoms with van der Waals surface area (Å²) >= 11 is 0. The Kier molecular flexibility index (Phi) is 2.12. The van der Waals surface area contributed by atoms with Gasteiger partial charge in [-0.3, -0.25) is 15.3 Å². The first kappa shape index (κ1) is 10.2. The van der Waals surface area contributed by atoms with Crippen molar-refractivity contribution in [1.82, 2.24) is 0 Å². The molecule has 0 N–H and O–H groups in total. The zero-order valence-corrected chi connectivity index (χ0v) is 8.20. The molecule has 0 bridgehead atoms. The van der Waals surface area contributed by atoms with Gasteiger partial charge in [-0.2, -0.15) is 0 Å². The highest BCUT2D eigenvalue weighted by molar-refractivity contribution is 5.91. The van der Waals surface area contributed by atoms with E-state index < -0.39 is 16.4 Å². The lowest BCUT2D eigenvalue weighted by Crippen LogP contribution is -2.28.